The molecule has 4 N–H and O–H groups in total. The van der Waals surface area contributed by atoms with Gasteiger partial charge < -0.3 is 11.1 Å². The number of anilines is 1. The number of nitrogen functional groups attached to an aromatic ring is 1. The number of rotatable bonds is 2. The molecule has 0 unspecified atom stereocenters. The average Bonchev–Trinajstić information content (AvgIpc) is 2.93. The maximum Gasteiger partial charge on any atom is 0.268 e. The molecule has 1 aliphatic rings. The van der Waals surface area contributed by atoms with Crippen molar-refractivity contribution < 1.29 is 14.4 Å². The van der Waals surface area contributed by atoms with Gasteiger partial charge in [-0.15, -0.1) is 0 Å². The minimum atomic E-state index is -0.658. The van der Waals surface area contributed by atoms with Crippen LogP contribution in [-0.2, 0) is 9.63 Å². The lowest BCUT2D eigenvalue weighted by atomic mass is 10.2. The molecule has 1 saturated heterocycles. The van der Waals surface area contributed by atoms with Crippen molar-refractivity contribution in [3.05, 3.63) is 23.8 Å². The van der Waals surface area contributed by atoms with Crippen molar-refractivity contribution in [2.24, 2.45) is 0 Å². The van der Waals surface area contributed by atoms with Crippen molar-refractivity contribution in [3.8, 4) is 0 Å². The van der Waals surface area contributed by atoms with Gasteiger partial charge in [-0.3, -0.25) is 14.4 Å². The number of benzene rings is 1. The number of nitrogens with zero attached hydrogens (tertiary/aromatic N) is 1. The van der Waals surface area contributed by atoms with E-state index in [1.165, 1.54) is 11.3 Å². The van der Waals surface area contributed by atoms with Crippen molar-refractivity contribution in [2.75, 3.05) is 12.3 Å². The predicted octanol–water partition coefficient (Wildman–Crippen LogP) is 0.0383. The number of amides is 2. The Morgan fingerprint density at radius 2 is 2.42 bits per heavy atom. The molecule has 1 aromatic carbocycles. The van der Waals surface area contributed by atoms with E-state index in [0.717, 1.165) is 10.2 Å². The highest BCUT2D eigenvalue weighted by Crippen LogP contribution is 2.24. The van der Waals surface area contributed by atoms with Crippen LogP contribution >= 0.6 is 11.3 Å². The lowest BCUT2D eigenvalue weighted by Crippen LogP contribution is -2.41. The normalized spacial score (nSPS) is 18.5. The van der Waals surface area contributed by atoms with Gasteiger partial charge in [0.1, 0.15) is 12.6 Å². The van der Waals surface area contributed by atoms with Crippen LogP contribution in [0.25, 0.3) is 10.2 Å². The summed E-state index contributed by atoms with van der Waals surface area (Å²) in [6, 6.07) is 4.41. The first-order chi connectivity index (χ1) is 9.13. The van der Waals surface area contributed by atoms with Gasteiger partial charge in [0.15, 0.2) is 5.13 Å². The molecular weight excluding hydrogens is 268 g/mol. The molecule has 2 amide bonds. The number of carbonyl (C=O) groups excluding carboxylic acids is 2. The molecule has 1 aliphatic heterocycles. The van der Waals surface area contributed by atoms with Crippen molar-refractivity contribution >= 4 is 38.5 Å². The Balaban J connectivity index is 1.82. The van der Waals surface area contributed by atoms with E-state index in [-0.39, 0.29) is 18.4 Å². The van der Waals surface area contributed by atoms with E-state index in [1.807, 2.05) is 0 Å². The fraction of sp³-hybridized carbons (Fsp3) is 0.182. The zero-order valence-corrected chi connectivity index (χ0v) is 10.5. The fourth-order valence-electron chi connectivity index (χ4n) is 1.78. The number of aromatic nitrogens is 1. The van der Waals surface area contributed by atoms with E-state index in [1.54, 1.807) is 18.2 Å². The summed E-state index contributed by atoms with van der Waals surface area (Å²) in [6.07, 6.45) is 0. The number of carbonyl (C=O) groups is 2. The summed E-state index contributed by atoms with van der Waals surface area (Å²) in [5.74, 6) is -0.684. The van der Waals surface area contributed by atoms with Gasteiger partial charge in [-0.05, 0) is 18.2 Å². The minimum Gasteiger partial charge on any atom is -0.375 e. The molecule has 0 aliphatic carbocycles. The summed E-state index contributed by atoms with van der Waals surface area (Å²) in [5, 5.41) is 3.05. The topological polar surface area (TPSA) is 106 Å². The van der Waals surface area contributed by atoms with Crippen LogP contribution in [-0.4, -0.2) is 29.4 Å². The first-order valence-corrected chi connectivity index (χ1v) is 6.34. The molecule has 2 aromatic rings. The molecule has 0 radical (unpaired) electrons. The van der Waals surface area contributed by atoms with Gasteiger partial charge in [-0.2, -0.15) is 0 Å². The Kier molecular flexibility index (Phi) is 2.80. The quantitative estimate of drug-likeness (QED) is 0.719. The molecule has 1 atom stereocenters. The molecule has 8 heteroatoms. The molecule has 0 bridgehead atoms. The van der Waals surface area contributed by atoms with Crippen LogP contribution in [0.5, 0.6) is 0 Å². The summed E-state index contributed by atoms with van der Waals surface area (Å²) >= 11 is 1.31. The summed E-state index contributed by atoms with van der Waals surface area (Å²) in [5.41, 5.74) is 8.99. The third-order valence-electron chi connectivity index (χ3n) is 2.71. The average molecular weight is 278 g/mol. The third-order valence-corrected chi connectivity index (χ3v) is 3.56. The second-order valence-corrected chi connectivity index (χ2v) is 5.10. The Bertz CT molecular complexity index is 669. The van der Waals surface area contributed by atoms with Crippen molar-refractivity contribution in [1.82, 2.24) is 15.8 Å². The second kappa shape index (κ2) is 4.48. The van der Waals surface area contributed by atoms with Gasteiger partial charge >= 0.3 is 0 Å². The van der Waals surface area contributed by atoms with Crippen LogP contribution < -0.4 is 16.5 Å². The first kappa shape index (κ1) is 11.9. The van der Waals surface area contributed by atoms with Crippen molar-refractivity contribution in [2.45, 2.75) is 6.04 Å². The third kappa shape index (κ3) is 2.23. The summed E-state index contributed by atoms with van der Waals surface area (Å²) < 4.78 is 0.831. The van der Waals surface area contributed by atoms with E-state index in [0.29, 0.717) is 10.7 Å². The molecule has 0 saturated carbocycles. The largest absolute Gasteiger partial charge is 0.375 e. The number of nitrogens with two attached hydrogens (primary N) is 1. The predicted molar refractivity (Wildman–Crippen MR) is 69.4 cm³/mol. The van der Waals surface area contributed by atoms with E-state index in [2.05, 4.69) is 15.8 Å². The van der Waals surface area contributed by atoms with Gasteiger partial charge in [0.25, 0.3) is 11.8 Å². The van der Waals surface area contributed by atoms with Gasteiger partial charge in [0, 0.05) is 5.56 Å². The number of hydrogen-bond donors (Lipinski definition) is 3. The van der Waals surface area contributed by atoms with Gasteiger partial charge in [-0.1, -0.05) is 11.3 Å². The van der Waals surface area contributed by atoms with E-state index < -0.39 is 6.04 Å². The SMILES string of the molecule is Nc1nc2ccc(C(=O)N[C@@H]3CONC3=O)cc2s1. The summed E-state index contributed by atoms with van der Waals surface area (Å²) in [7, 11) is 0. The van der Waals surface area contributed by atoms with Crippen molar-refractivity contribution in [3.63, 3.8) is 0 Å². The number of thiazole rings is 1. The highest BCUT2D eigenvalue weighted by atomic mass is 32.1. The molecule has 2 heterocycles. The molecule has 19 heavy (non-hydrogen) atoms. The van der Waals surface area contributed by atoms with Crippen LogP contribution in [0, 0.1) is 0 Å². The number of nitrogens with one attached hydrogen (secondary N) is 2. The summed E-state index contributed by atoms with van der Waals surface area (Å²) in [4.78, 5) is 32.1. The lowest BCUT2D eigenvalue weighted by molar-refractivity contribution is -0.125. The van der Waals surface area contributed by atoms with Crippen LogP contribution in [0.2, 0.25) is 0 Å². The van der Waals surface area contributed by atoms with E-state index in [9.17, 15) is 9.59 Å². The second-order valence-electron chi connectivity index (χ2n) is 4.04. The molecule has 1 fully saturated rings. The Hall–Kier alpha value is -2.19. The van der Waals surface area contributed by atoms with Gasteiger partial charge in [0.05, 0.1) is 10.2 Å². The summed E-state index contributed by atoms with van der Waals surface area (Å²) in [6.45, 7) is 0.125. The fourth-order valence-corrected chi connectivity index (χ4v) is 2.55. The molecule has 1 aromatic heterocycles. The van der Waals surface area contributed by atoms with Crippen LogP contribution in [0.3, 0.4) is 0 Å². The van der Waals surface area contributed by atoms with E-state index >= 15 is 0 Å². The van der Waals surface area contributed by atoms with Gasteiger partial charge in [0.2, 0.25) is 0 Å². The van der Waals surface area contributed by atoms with Crippen LogP contribution in [0.4, 0.5) is 5.13 Å². The Morgan fingerprint density at radius 3 is 3.16 bits per heavy atom. The zero-order chi connectivity index (χ0) is 13.4. The highest BCUT2D eigenvalue weighted by molar-refractivity contribution is 7.22. The zero-order valence-electron chi connectivity index (χ0n) is 9.67. The molecule has 0 spiro atoms. The monoisotopic (exact) mass is 278 g/mol. The standard InChI is InChI=1S/C11H10N4O3S/c12-11-14-6-2-1-5(3-8(6)19-11)9(16)13-7-4-18-15-10(7)17/h1-3,7H,4H2,(H2,12,14)(H,13,16)(H,15,17)/t7-/m1/s1. The molecular formula is C11H10N4O3S. The first-order valence-electron chi connectivity index (χ1n) is 5.52. The molecule has 7 nitrogen and oxygen atoms in total. The van der Waals surface area contributed by atoms with Gasteiger partial charge in [-0.25, -0.2) is 10.5 Å². The molecule has 98 valence electrons. The van der Waals surface area contributed by atoms with Crippen LogP contribution in [0.15, 0.2) is 18.2 Å². The maximum atomic E-state index is 12.0. The minimum absolute atomic E-state index is 0.125. The Morgan fingerprint density at radius 1 is 1.58 bits per heavy atom. The highest BCUT2D eigenvalue weighted by Gasteiger charge is 2.27. The lowest BCUT2D eigenvalue weighted by Gasteiger charge is -2.08. The maximum absolute atomic E-state index is 12.0. The molecule has 3 rings (SSSR count). The van der Waals surface area contributed by atoms with Crippen LogP contribution in [0.1, 0.15) is 10.4 Å². The smallest absolute Gasteiger partial charge is 0.268 e. The van der Waals surface area contributed by atoms with E-state index in [4.69, 9.17) is 10.6 Å². The van der Waals surface area contributed by atoms with Crippen molar-refractivity contribution in [1.29, 1.82) is 0 Å². The Labute approximate surface area is 111 Å². The number of fused-ring (bicyclic) bond motifs is 1. The number of hydrogen-bond acceptors (Lipinski definition) is 6. The number of hydroxylamine groups is 1.